The smallest absolute Gasteiger partial charge is 0.306 e. The van der Waals surface area contributed by atoms with Crippen LogP contribution >= 0.6 is 0 Å². The summed E-state index contributed by atoms with van der Waals surface area (Å²) in [7, 11) is -3.29. The molecule has 0 amide bonds. The molecule has 1 aliphatic carbocycles. The molecule has 4 atom stereocenters. The molecule has 3 nitrogen and oxygen atoms in total. The average molecular weight is 353 g/mol. The molecule has 0 aromatic carbocycles. The second kappa shape index (κ2) is 6.05. The van der Waals surface area contributed by atoms with Crippen LogP contribution in [0, 0.1) is 23.3 Å². The highest BCUT2D eigenvalue weighted by atomic mass is 28.4. The van der Waals surface area contributed by atoms with Crippen molar-refractivity contribution in [2.75, 3.05) is 0 Å². The fourth-order valence-electron chi connectivity index (χ4n) is 3.04. The van der Waals surface area contributed by atoms with Gasteiger partial charge in [0, 0.05) is 12.3 Å². The lowest BCUT2D eigenvalue weighted by molar-refractivity contribution is -0.141. The molecule has 0 N–H and O–H groups in total. The zero-order valence-corrected chi connectivity index (χ0v) is 17.9. The number of hydrogen-bond acceptors (Lipinski definition) is 3. The van der Waals surface area contributed by atoms with Gasteiger partial charge in [0.15, 0.2) is 8.32 Å². The lowest BCUT2D eigenvalue weighted by atomic mass is 9.93. The molecule has 130 valence electrons. The molecule has 0 radical (unpaired) electrons. The van der Waals surface area contributed by atoms with E-state index in [0.717, 1.165) is 6.42 Å². The van der Waals surface area contributed by atoms with Crippen LogP contribution in [0.4, 0.5) is 0 Å². The van der Waals surface area contributed by atoms with Gasteiger partial charge >= 0.3 is 5.97 Å². The summed E-state index contributed by atoms with van der Waals surface area (Å²) in [5.41, 5.74) is 3.50. The van der Waals surface area contributed by atoms with E-state index >= 15 is 0 Å². The Hall–Kier alpha value is -0.576. The molecule has 0 unspecified atom stereocenters. The molecular weight excluding hydrogens is 320 g/mol. The fraction of sp³-hybridized carbons (Fsp3) is 0.833. The molecule has 23 heavy (non-hydrogen) atoms. The van der Waals surface area contributed by atoms with E-state index in [2.05, 4.69) is 65.0 Å². The predicted molar refractivity (Wildman–Crippen MR) is 99.3 cm³/mol. The largest absolute Gasteiger partial charge is 0.462 e. The van der Waals surface area contributed by atoms with E-state index in [4.69, 9.17) is 9.16 Å². The Bertz CT molecular complexity index is 531. The number of rotatable bonds is 2. The highest BCUT2D eigenvalue weighted by molar-refractivity contribution is 6.83. The Balaban J connectivity index is 2.24. The average Bonchev–Trinajstić information content (AvgIpc) is 2.79. The molecule has 5 heteroatoms. The van der Waals surface area contributed by atoms with Crippen LogP contribution in [-0.4, -0.2) is 34.6 Å². The number of fused-ring (bicyclic) bond motifs is 1. The van der Waals surface area contributed by atoms with Crippen LogP contribution in [0.2, 0.25) is 37.8 Å². The molecule has 1 aliphatic heterocycles. The van der Waals surface area contributed by atoms with Gasteiger partial charge in [-0.2, -0.15) is 0 Å². The Kier molecular flexibility index (Phi) is 4.94. The van der Waals surface area contributed by atoms with Crippen LogP contribution in [0.15, 0.2) is 0 Å². The summed E-state index contributed by atoms with van der Waals surface area (Å²) in [6.07, 6.45) is 1.45. The van der Waals surface area contributed by atoms with Gasteiger partial charge < -0.3 is 9.16 Å². The molecule has 2 aliphatic rings. The van der Waals surface area contributed by atoms with Crippen LogP contribution < -0.4 is 0 Å². The van der Waals surface area contributed by atoms with Crippen molar-refractivity contribution < 1.29 is 14.0 Å². The highest BCUT2D eigenvalue weighted by Crippen LogP contribution is 2.46. The first-order valence-corrected chi connectivity index (χ1v) is 15.1. The Morgan fingerprint density at radius 2 is 1.78 bits per heavy atom. The third-order valence-electron chi connectivity index (χ3n) is 5.36. The number of carbonyl (C=O) groups excluding carboxylic acids is 1. The number of esters is 1. The van der Waals surface area contributed by atoms with Crippen molar-refractivity contribution in [2.24, 2.45) is 11.8 Å². The minimum absolute atomic E-state index is 0.0122. The van der Waals surface area contributed by atoms with Crippen molar-refractivity contribution in [3.63, 3.8) is 0 Å². The summed E-state index contributed by atoms with van der Waals surface area (Å²) in [5, 5.41) is 0.179. The van der Waals surface area contributed by atoms with E-state index < -0.39 is 16.4 Å². The first-order valence-electron chi connectivity index (χ1n) is 8.70. The fourth-order valence-corrected chi connectivity index (χ4v) is 4.99. The normalized spacial score (nSPS) is 31.4. The van der Waals surface area contributed by atoms with Crippen molar-refractivity contribution in [3.05, 3.63) is 0 Å². The van der Waals surface area contributed by atoms with Gasteiger partial charge in [-0.1, -0.05) is 40.4 Å². The predicted octanol–water partition coefficient (Wildman–Crippen LogP) is 4.21. The van der Waals surface area contributed by atoms with Crippen LogP contribution in [0.5, 0.6) is 0 Å². The molecule has 2 fully saturated rings. The zero-order chi connectivity index (χ0) is 17.6. The van der Waals surface area contributed by atoms with Gasteiger partial charge in [0.1, 0.15) is 14.2 Å². The van der Waals surface area contributed by atoms with Crippen LogP contribution in [0.3, 0.4) is 0 Å². The monoisotopic (exact) mass is 352 g/mol. The molecule has 0 aromatic rings. The van der Waals surface area contributed by atoms with Gasteiger partial charge in [-0.3, -0.25) is 4.79 Å². The SMILES string of the molecule is CC(C)(C)[Si](C)(C)O[C@@H]1C[C@@H]2OC(=O)C[C@@H]2[C@H]1C#C[Si](C)(C)C. The molecule has 2 rings (SSSR count). The molecule has 1 saturated heterocycles. The topological polar surface area (TPSA) is 35.5 Å². The maximum atomic E-state index is 11.7. The van der Waals surface area contributed by atoms with E-state index in [-0.39, 0.29) is 35.1 Å². The number of hydrogen-bond donors (Lipinski definition) is 0. The summed E-state index contributed by atoms with van der Waals surface area (Å²) >= 11 is 0. The minimum Gasteiger partial charge on any atom is -0.462 e. The van der Waals surface area contributed by atoms with Crippen molar-refractivity contribution >= 4 is 22.4 Å². The summed E-state index contributed by atoms with van der Waals surface area (Å²) in [4.78, 5) is 11.7. The lowest BCUT2D eigenvalue weighted by Crippen LogP contribution is -2.45. The van der Waals surface area contributed by atoms with Gasteiger partial charge in [-0.05, 0) is 18.1 Å². The van der Waals surface area contributed by atoms with Crippen molar-refractivity contribution in [2.45, 2.75) is 83.6 Å². The summed E-state index contributed by atoms with van der Waals surface area (Å²) in [5.74, 6) is 3.82. The molecule has 0 bridgehead atoms. The van der Waals surface area contributed by atoms with Crippen LogP contribution in [0.25, 0.3) is 0 Å². The first kappa shape index (κ1) is 18.8. The standard InChI is InChI=1S/C18H32O3Si2/c1-18(2,3)23(7,8)21-16-12-15-14(11-17(19)20-15)13(16)9-10-22(4,5)6/h13-16H,11-12H2,1-8H3/t13-,14-,15+,16-/m1/s1. The van der Waals surface area contributed by atoms with E-state index in [1.807, 2.05) is 0 Å². The molecule has 0 aromatic heterocycles. The summed E-state index contributed by atoms with van der Waals surface area (Å²) in [6.45, 7) is 18.1. The van der Waals surface area contributed by atoms with Crippen LogP contribution in [-0.2, 0) is 14.0 Å². The Morgan fingerprint density at radius 3 is 2.30 bits per heavy atom. The second-order valence-corrected chi connectivity index (χ2v) is 19.1. The van der Waals surface area contributed by atoms with E-state index in [9.17, 15) is 4.79 Å². The second-order valence-electron chi connectivity index (χ2n) is 9.59. The van der Waals surface area contributed by atoms with Crippen molar-refractivity contribution in [1.82, 2.24) is 0 Å². The zero-order valence-electron chi connectivity index (χ0n) is 15.9. The maximum absolute atomic E-state index is 11.7. The van der Waals surface area contributed by atoms with Gasteiger partial charge in [-0.15, -0.1) is 11.5 Å². The Labute approximate surface area is 143 Å². The van der Waals surface area contributed by atoms with Gasteiger partial charge in [0.05, 0.1) is 18.4 Å². The van der Waals surface area contributed by atoms with Gasteiger partial charge in [0.25, 0.3) is 0 Å². The van der Waals surface area contributed by atoms with Gasteiger partial charge in [-0.25, -0.2) is 0 Å². The first-order chi connectivity index (χ1) is 10.3. The third kappa shape index (κ3) is 4.29. The van der Waals surface area contributed by atoms with Crippen molar-refractivity contribution in [1.29, 1.82) is 0 Å². The highest BCUT2D eigenvalue weighted by Gasteiger charge is 2.52. The van der Waals surface area contributed by atoms with E-state index in [1.54, 1.807) is 0 Å². The molecular formula is C18H32O3Si2. The van der Waals surface area contributed by atoms with Crippen molar-refractivity contribution in [3.8, 4) is 11.5 Å². The summed E-state index contributed by atoms with van der Waals surface area (Å²) in [6, 6.07) is 0. The Morgan fingerprint density at radius 1 is 1.17 bits per heavy atom. The maximum Gasteiger partial charge on any atom is 0.306 e. The quantitative estimate of drug-likeness (QED) is 0.424. The van der Waals surface area contributed by atoms with Gasteiger partial charge in [0.2, 0.25) is 0 Å². The van der Waals surface area contributed by atoms with E-state index in [1.165, 1.54) is 0 Å². The summed E-state index contributed by atoms with van der Waals surface area (Å²) < 4.78 is 12.2. The molecule has 1 heterocycles. The number of carbonyl (C=O) groups is 1. The molecule has 1 saturated carbocycles. The number of ether oxygens (including phenoxy) is 1. The van der Waals surface area contributed by atoms with Crippen LogP contribution in [0.1, 0.15) is 33.6 Å². The lowest BCUT2D eigenvalue weighted by Gasteiger charge is -2.39. The third-order valence-corrected chi connectivity index (χ3v) is 10.8. The minimum atomic E-state index is -1.85. The van der Waals surface area contributed by atoms with E-state index in [0.29, 0.717) is 6.42 Å². The molecule has 0 spiro atoms.